The van der Waals surface area contributed by atoms with Crippen LogP contribution in [0.15, 0.2) is 30.3 Å². The average Bonchev–Trinajstić information content (AvgIpc) is 3.40. The molecule has 10 amide bonds. The Kier molecular flexibility index (Phi) is 33.5. The van der Waals surface area contributed by atoms with E-state index in [9.17, 15) is 58.2 Å². The second-order valence-corrected chi connectivity index (χ2v) is 21.2. The molecule has 1 aromatic carbocycles. The highest BCUT2D eigenvalue weighted by Gasteiger charge is 2.36. The minimum atomic E-state index is -1.57. The van der Waals surface area contributed by atoms with Crippen LogP contribution in [-0.4, -0.2) is 169 Å². The molecule has 452 valence electrons. The SMILES string of the molecule is CCCCCCC[C@@H](O)CC(=O)N[C@H](CO)C(=O)N[C@H](CCN)C(=O)N[C@H]1CCNC(=O)[C@H](CC(C)C)NC(=O)[C@H](CCN)NC(=O)[C@H](CCN)NC(=O)[C@H](Cc2ccccc2)NC(=O)[C@@H](CC(C)C)NC(=O)[C@H](CCN)NC1=O. The van der Waals surface area contributed by atoms with Crippen LogP contribution in [0.2, 0.25) is 0 Å². The van der Waals surface area contributed by atoms with E-state index in [1.54, 1.807) is 58.0 Å². The van der Waals surface area contributed by atoms with Crippen molar-refractivity contribution in [2.24, 2.45) is 34.8 Å². The monoisotopic (exact) mass is 1130 g/mol. The lowest BCUT2D eigenvalue weighted by Crippen LogP contribution is -2.61. The van der Waals surface area contributed by atoms with Crippen LogP contribution in [0.4, 0.5) is 0 Å². The van der Waals surface area contributed by atoms with Crippen molar-refractivity contribution in [1.82, 2.24) is 53.2 Å². The molecule has 2 rings (SSSR count). The van der Waals surface area contributed by atoms with Gasteiger partial charge < -0.3 is 86.3 Å². The second-order valence-electron chi connectivity index (χ2n) is 21.2. The maximum Gasteiger partial charge on any atom is 0.245 e. The Morgan fingerprint density at radius 1 is 0.575 bits per heavy atom. The highest BCUT2D eigenvalue weighted by Crippen LogP contribution is 2.13. The summed E-state index contributed by atoms with van der Waals surface area (Å²) in [5.41, 5.74) is 24.3. The predicted octanol–water partition coefficient (Wildman–Crippen LogP) is -3.30. The molecule has 0 unspecified atom stereocenters. The van der Waals surface area contributed by atoms with E-state index in [0.717, 1.165) is 25.7 Å². The fourth-order valence-corrected chi connectivity index (χ4v) is 8.86. The molecule has 26 nitrogen and oxygen atoms in total. The first-order valence-electron chi connectivity index (χ1n) is 28.2. The highest BCUT2D eigenvalue weighted by molar-refractivity contribution is 5.98. The average molecular weight is 1130 g/mol. The van der Waals surface area contributed by atoms with Crippen LogP contribution in [0.5, 0.6) is 0 Å². The van der Waals surface area contributed by atoms with Crippen LogP contribution in [0.1, 0.15) is 130 Å². The number of aliphatic hydroxyl groups is 2. The standard InChI is InChI=1S/C54H94N14O12/c1-6-7-8-9-13-16-35(70)30-45(71)60-44(31-69)54(80)64-37(18-23-56)48(74)65-40-21-26-59-46(72)41(27-32(2)3)66-49(75)38(19-24-57)61-47(73)36(17-22-55)63-53(79)43(29-34-14-11-10-12-15-34)68-52(78)42(28-33(4)5)67-50(76)39(20-25-58)62-51(40)77/h10-12,14-15,32-33,35-44,69-70H,6-9,13,16-31,55-58H2,1-5H3,(H,59,72)(H,60,71)(H,61,73)(H,62,77)(H,63,79)(H,64,80)(H,65,74)(H,66,75)(H,67,76)(H,68,78)/t35-,36+,37-,38+,39+,40+,41+,42-,43+,44-/m1/s1. The normalized spacial score (nSPS) is 22.5. The minimum Gasteiger partial charge on any atom is -0.394 e. The molecule has 1 saturated heterocycles. The van der Waals surface area contributed by atoms with Crippen molar-refractivity contribution in [3.63, 3.8) is 0 Å². The van der Waals surface area contributed by atoms with Crippen LogP contribution in [0, 0.1) is 11.8 Å². The van der Waals surface area contributed by atoms with Gasteiger partial charge in [0.15, 0.2) is 0 Å². The molecule has 0 radical (unpaired) electrons. The van der Waals surface area contributed by atoms with Crippen molar-refractivity contribution < 1.29 is 58.2 Å². The van der Waals surface area contributed by atoms with Crippen LogP contribution in [0.3, 0.4) is 0 Å². The fraction of sp³-hybridized carbons (Fsp3) is 0.704. The van der Waals surface area contributed by atoms with E-state index in [-0.39, 0.29) is 102 Å². The molecular formula is C54H94N14O12. The van der Waals surface area contributed by atoms with Gasteiger partial charge >= 0.3 is 0 Å². The molecule has 1 aliphatic rings. The third-order valence-electron chi connectivity index (χ3n) is 13.2. The van der Waals surface area contributed by atoms with Gasteiger partial charge in [0.05, 0.1) is 19.1 Å². The lowest BCUT2D eigenvalue weighted by Gasteiger charge is -2.28. The van der Waals surface area contributed by atoms with Crippen molar-refractivity contribution in [1.29, 1.82) is 0 Å². The number of benzene rings is 1. The third kappa shape index (κ3) is 26.3. The van der Waals surface area contributed by atoms with Crippen LogP contribution in [-0.2, 0) is 54.4 Å². The number of carbonyl (C=O) groups is 10. The van der Waals surface area contributed by atoms with Crippen molar-refractivity contribution in [3.05, 3.63) is 35.9 Å². The molecule has 20 N–H and O–H groups in total. The van der Waals surface area contributed by atoms with E-state index in [2.05, 4.69) is 60.1 Å². The minimum absolute atomic E-state index is 0.0513. The Bertz CT molecular complexity index is 2120. The first kappa shape index (κ1) is 69.8. The fourth-order valence-electron chi connectivity index (χ4n) is 8.86. The summed E-state index contributed by atoms with van der Waals surface area (Å²) in [6, 6.07) is -3.74. The number of carbonyl (C=O) groups excluding carboxylic acids is 10. The van der Waals surface area contributed by atoms with Gasteiger partial charge in [0.2, 0.25) is 59.1 Å². The summed E-state index contributed by atoms with van der Waals surface area (Å²) in [5.74, 6) is -8.69. The quantitative estimate of drug-likeness (QED) is 0.0366. The maximum absolute atomic E-state index is 14.4. The number of unbranched alkanes of at least 4 members (excludes halogenated alkanes) is 4. The Balaban J connectivity index is 2.65. The van der Waals surface area contributed by atoms with Gasteiger partial charge in [-0.2, -0.15) is 0 Å². The number of nitrogens with two attached hydrogens (primary N) is 4. The van der Waals surface area contributed by atoms with Gasteiger partial charge in [-0.3, -0.25) is 47.9 Å². The zero-order valence-corrected chi connectivity index (χ0v) is 47.5. The molecule has 0 aliphatic carbocycles. The molecule has 0 aromatic heterocycles. The molecule has 0 spiro atoms. The van der Waals surface area contributed by atoms with Gasteiger partial charge in [0, 0.05) is 13.0 Å². The maximum atomic E-state index is 14.4. The summed E-state index contributed by atoms with van der Waals surface area (Å²) in [7, 11) is 0. The Labute approximate surface area is 470 Å². The number of rotatable bonds is 28. The number of nitrogens with one attached hydrogen (secondary N) is 10. The summed E-state index contributed by atoms with van der Waals surface area (Å²) in [6.07, 6.45) is 2.89. The third-order valence-corrected chi connectivity index (χ3v) is 13.2. The highest BCUT2D eigenvalue weighted by atomic mass is 16.3. The summed E-state index contributed by atoms with van der Waals surface area (Å²) in [4.78, 5) is 140. The molecule has 0 saturated carbocycles. The van der Waals surface area contributed by atoms with E-state index in [4.69, 9.17) is 22.9 Å². The first-order chi connectivity index (χ1) is 38.1. The molecule has 0 bridgehead atoms. The smallest absolute Gasteiger partial charge is 0.245 e. The van der Waals surface area contributed by atoms with Crippen LogP contribution >= 0.6 is 0 Å². The van der Waals surface area contributed by atoms with Gasteiger partial charge in [0.1, 0.15) is 54.4 Å². The summed E-state index contributed by atoms with van der Waals surface area (Å²) in [5, 5.41) is 46.7. The number of amides is 10. The van der Waals surface area contributed by atoms with Crippen molar-refractivity contribution in [2.75, 3.05) is 39.3 Å². The molecule has 10 atom stereocenters. The van der Waals surface area contributed by atoms with Gasteiger partial charge in [-0.1, -0.05) is 97.1 Å². The lowest BCUT2D eigenvalue weighted by atomic mass is 10.00. The van der Waals surface area contributed by atoms with Crippen molar-refractivity contribution in [3.8, 4) is 0 Å². The van der Waals surface area contributed by atoms with Gasteiger partial charge in [-0.05, 0) is 94.9 Å². The van der Waals surface area contributed by atoms with Crippen molar-refractivity contribution >= 4 is 59.1 Å². The topological polar surface area (TPSA) is 436 Å². The van der Waals surface area contributed by atoms with Gasteiger partial charge in [-0.25, -0.2) is 0 Å². The molecule has 26 heteroatoms. The number of hydrogen-bond acceptors (Lipinski definition) is 16. The molecule has 1 aromatic rings. The zero-order valence-electron chi connectivity index (χ0n) is 47.5. The van der Waals surface area contributed by atoms with Crippen LogP contribution in [0.25, 0.3) is 0 Å². The Morgan fingerprint density at radius 2 is 1.05 bits per heavy atom. The first-order valence-corrected chi connectivity index (χ1v) is 28.2. The molecular weight excluding hydrogens is 1040 g/mol. The van der Waals surface area contributed by atoms with E-state index in [1.807, 2.05) is 0 Å². The molecule has 1 heterocycles. The zero-order chi connectivity index (χ0) is 59.7. The summed E-state index contributed by atoms with van der Waals surface area (Å²) >= 11 is 0. The van der Waals surface area contributed by atoms with E-state index in [0.29, 0.717) is 18.4 Å². The van der Waals surface area contributed by atoms with E-state index >= 15 is 0 Å². The molecule has 1 fully saturated rings. The molecule has 80 heavy (non-hydrogen) atoms. The van der Waals surface area contributed by atoms with E-state index in [1.165, 1.54) is 0 Å². The Hall–Kier alpha value is -6.32. The number of aliphatic hydroxyl groups excluding tert-OH is 2. The predicted molar refractivity (Wildman–Crippen MR) is 300 cm³/mol. The van der Waals surface area contributed by atoms with Gasteiger partial charge in [0.25, 0.3) is 0 Å². The summed E-state index contributed by atoms with van der Waals surface area (Å²) in [6.45, 7) is 7.62. The van der Waals surface area contributed by atoms with Crippen LogP contribution < -0.4 is 76.1 Å². The number of hydrogen-bond donors (Lipinski definition) is 16. The van der Waals surface area contributed by atoms with Crippen molar-refractivity contribution in [2.45, 2.75) is 191 Å². The largest absolute Gasteiger partial charge is 0.394 e. The van der Waals surface area contributed by atoms with Gasteiger partial charge in [-0.15, -0.1) is 0 Å². The Morgan fingerprint density at radius 3 is 1.55 bits per heavy atom. The lowest BCUT2D eigenvalue weighted by molar-refractivity contribution is -0.136. The second kappa shape index (κ2) is 38.3. The van der Waals surface area contributed by atoms with E-state index < -0.39 is 126 Å². The summed E-state index contributed by atoms with van der Waals surface area (Å²) < 4.78 is 0. The molecule has 1 aliphatic heterocycles.